The van der Waals surface area contributed by atoms with Crippen molar-refractivity contribution in [3.8, 4) is 11.5 Å². The minimum Gasteiger partial charge on any atom is -0.486 e. The molecule has 0 saturated heterocycles. The summed E-state index contributed by atoms with van der Waals surface area (Å²) in [4.78, 5) is 0. The molecule has 1 fully saturated rings. The Morgan fingerprint density at radius 3 is 2.82 bits per heavy atom. The summed E-state index contributed by atoms with van der Waals surface area (Å²) in [6.07, 6.45) is 4.44. The predicted octanol–water partition coefficient (Wildman–Crippen LogP) is 1.74. The van der Waals surface area contributed by atoms with Crippen molar-refractivity contribution in [2.24, 2.45) is 0 Å². The van der Waals surface area contributed by atoms with Crippen molar-refractivity contribution >= 4 is 0 Å². The minimum atomic E-state index is -0.475. The summed E-state index contributed by atoms with van der Waals surface area (Å²) in [7, 11) is 0. The highest BCUT2D eigenvalue weighted by Gasteiger charge is 2.21. The van der Waals surface area contributed by atoms with E-state index in [9.17, 15) is 5.11 Å². The molecule has 1 aromatic rings. The van der Waals surface area contributed by atoms with Crippen LogP contribution in [0, 0.1) is 0 Å². The lowest BCUT2D eigenvalue weighted by Gasteiger charge is -2.26. The Morgan fingerprint density at radius 2 is 2.00 bits per heavy atom. The molecule has 1 aromatic carbocycles. The summed E-state index contributed by atoms with van der Waals surface area (Å²) in [5, 5.41) is 13.3. The first-order chi connectivity index (χ1) is 10.8. The molecule has 122 valence electrons. The van der Waals surface area contributed by atoms with Gasteiger partial charge in [-0.05, 0) is 25.0 Å². The third-order valence-corrected chi connectivity index (χ3v) is 4.18. The van der Waals surface area contributed by atoms with Gasteiger partial charge in [-0.3, -0.25) is 0 Å². The summed E-state index contributed by atoms with van der Waals surface area (Å²) >= 11 is 0. The van der Waals surface area contributed by atoms with Crippen molar-refractivity contribution in [1.29, 1.82) is 0 Å². The Hall–Kier alpha value is -1.30. The summed E-state index contributed by atoms with van der Waals surface area (Å²) < 4.78 is 17.0. The van der Waals surface area contributed by atoms with Gasteiger partial charge in [-0.2, -0.15) is 0 Å². The molecule has 1 aliphatic heterocycles. The number of para-hydroxylation sites is 2. The number of aliphatic hydroxyl groups is 1. The molecule has 22 heavy (non-hydrogen) atoms. The average Bonchev–Trinajstić information content (AvgIpc) is 3.06. The fourth-order valence-electron chi connectivity index (χ4n) is 2.97. The van der Waals surface area contributed by atoms with Gasteiger partial charge < -0.3 is 24.6 Å². The highest BCUT2D eigenvalue weighted by atomic mass is 16.6. The highest BCUT2D eigenvalue weighted by molar-refractivity contribution is 5.40. The maximum Gasteiger partial charge on any atom is 0.161 e. The third-order valence-electron chi connectivity index (χ3n) is 4.18. The van der Waals surface area contributed by atoms with E-state index in [4.69, 9.17) is 14.2 Å². The molecule has 2 atom stereocenters. The zero-order valence-corrected chi connectivity index (χ0v) is 12.9. The number of benzene rings is 1. The quantitative estimate of drug-likeness (QED) is 0.803. The summed E-state index contributed by atoms with van der Waals surface area (Å²) in [6, 6.07) is 8.20. The van der Waals surface area contributed by atoms with Crippen molar-refractivity contribution < 1.29 is 19.3 Å². The van der Waals surface area contributed by atoms with Crippen LogP contribution in [-0.2, 0) is 4.74 Å². The minimum absolute atomic E-state index is 0.120. The van der Waals surface area contributed by atoms with Gasteiger partial charge in [-0.25, -0.2) is 0 Å². The molecular weight excluding hydrogens is 282 g/mol. The Kier molecular flexibility index (Phi) is 5.53. The van der Waals surface area contributed by atoms with E-state index in [1.165, 1.54) is 25.7 Å². The van der Waals surface area contributed by atoms with Crippen molar-refractivity contribution in [3.63, 3.8) is 0 Å². The number of hydrogen-bond donors (Lipinski definition) is 2. The topological polar surface area (TPSA) is 60.0 Å². The van der Waals surface area contributed by atoms with Gasteiger partial charge in [0, 0.05) is 12.6 Å². The van der Waals surface area contributed by atoms with Crippen molar-refractivity contribution in [2.75, 3.05) is 26.4 Å². The zero-order chi connectivity index (χ0) is 15.2. The molecule has 0 spiro atoms. The lowest BCUT2D eigenvalue weighted by molar-refractivity contribution is -0.0215. The molecule has 1 heterocycles. The number of rotatable bonds is 7. The van der Waals surface area contributed by atoms with E-state index in [1.54, 1.807) is 0 Å². The van der Waals surface area contributed by atoms with Crippen LogP contribution >= 0.6 is 0 Å². The molecule has 2 unspecified atom stereocenters. The fraction of sp³-hybridized carbons (Fsp3) is 0.647. The Morgan fingerprint density at radius 1 is 1.23 bits per heavy atom. The Labute approximate surface area is 131 Å². The van der Waals surface area contributed by atoms with E-state index in [0.717, 1.165) is 11.5 Å². The maximum absolute atomic E-state index is 9.94. The Balaban J connectivity index is 1.31. The van der Waals surface area contributed by atoms with Crippen LogP contribution in [0.2, 0.25) is 0 Å². The van der Waals surface area contributed by atoms with Crippen molar-refractivity contribution in [1.82, 2.24) is 5.32 Å². The van der Waals surface area contributed by atoms with Gasteiger partial charge in [0.1, 0.15) is 6.61 Å². The molecule has 3 rings (SSSR count). The van der Waals surface area contributed by atoms with Gasteiger partial charge in [0.25, 0.3) is 0 Å². The second-order valence-electron chi connectivity index (χ2n) is 6.08. The second-order valence-corrected chi connectivity index (χ2v) is 6.08. The molecule has 0 bridgehead atoms. The standard InChI is InChI=1S/C17H25NO4/c19-14(9-18-13-5-1-2-6-13)10-20-11-15-12-21-16-7-3-4-8-17(16)22-15/h3-4,7-8,13-15,18-19H,1-2,5-6,9-12H2. The van der Waals surface area contributed by atoms with Crippen LogP contribution in [0.1, 0.15) is 25.7 Å². The fourth-order valence-corrected chi connectivity index (χ4v) is 2.97. The normalized spacial score (nSPS) is 22.7. The first kappa shape index (κ1) is 15.6. The van der Waals surface area contributed by atoms with Crippen LogP contribution in [0.5, 0.6) is 11.5 Å². The van der Waals surface area contributed by atoms with E-state index < -0.39 is 6.10 Å². The van der Waals surface area contributed by atoms with E-state index >= 15 is 0 Å². The summed E-state index contributed by atoms with van der Waals surface area (Å²) in [5.41, 5.74) is 0. The first-order valence-corrected chi connectivity index (χ1v) is 8.19. The first-order valence-electron chi connectivity index (χ1n) is 8.19. The largest absolute Gasteiger partial charge is 0.486 e. The van der Waals surface area contributed by atoms with Crippen LogP contribution in [0.4, 0.5) is 0 Å². The van der Waals surface area contributed by atoms with E-state index in [0.29, 0.717) is 32.4 Å². The molecule has 2 aliphatic rings. The number of fused-ring (bicyclic) bond motifs is 1. The molecular formula is C17H25NO4. The third kappa shape index (κ3) is 4.35. The van der Waals surface area contributed by atoms with Gasteiger partial charge in [-0.15, -0.1) is 0 Å². The van der Waals surface area contributed by atoms with E-state index in [-0.39, 0.29) is 6.10 Å². The monoisotopic (exact) mass is 307 g/mol. The smallest absolute Gasteiger partial charge is 0.161 e. The molecule has 0 radical (unpaired) electrons. The van der Waals surface area contributed by atoms with Crippen molar-refractivity contribution in [3.05, 3.63) is 24.3 Å². The number of aliphatic hydroxyl groups excluding tert-OH is 1. The Bertz CT molecular complexity index is 462. The molecule has 0 aromatic heterocycles. The second kappa shape index (κ2) is 7.81. The SMILES string of the molecule is OC(CNC1CCCC1)COCC1COc2ccccc2O1. The van der Waals surface area contributed by atoms with Gasteiger partial charge >= 0.3 is 0 Å². The number of hydrogen-bond acceptors (Lipinski definition) is 5. The lowest BCUT2D eigenvalue weighted by atomic mass is 10.2. The molecule has 1 aliphatic carbocycles. The van der Waals surface area contributed by atoms with Crippen LogP contribution in [0.25, 0.3) is 0 Å². The average molecular weight is 307 g/mol. The lowest BCUT2D eigenvalue weighted by Crippen LogP contribution is -2.38. The summed E-state index contributed by atoms with van der Waals surface area (Å²) in [5.74, 6) is 1.53. The van der Waals surface area contributed by atoms with Crippen LogP contribution in [0.15, 0.2) is 24.3 Å². The summed E-state index contributed by atoms with van der Waals surface area (Å²) in [6.45, 7) is 1.82. The van der Waals surface area contributed by atoms with Gasteiger partial charge in [0.05, 0.1) is 19.3 Å². The number of ether oxygens (including phenoxy) is 3. The van der Waals surface area contributed by atoms with Crippen LogP contribution in [-0.4, -0.2) is 49.7 Å². The maximum atomic E-state index is 9.94. The van der Waals surface area contributed by atoms with Crippen LogP contribution < -0.4 is 14.8 Å². The van der Waals surface area contributed by atoms with Gasteiger partial charge in [-0.1, -0.05) is 25.0 Å². The zero-order valence-electron chi connectivity index (χ0n) is 12.9. The van der Waals surface area contributed by atoms with Gasteiger partial charge in [0.15, 0.2) is 17.6 Å². The molecule has 0 amide bonds. The number of nitrogens with one attached hydrogen (secondary N) is 1. The van der Waals surface area contributed by atoms with Crippen molar-refractivity contribution in [2.45, 2.75) is 43.9 Å². The van der Waals surface area contributed by atoms with E-state index in [1.807, 2.05) is 24.3 Å². The molecule has 5 nitrogen and oxygen atoms in total. The predicted molar refractivity (Wildman–Crippen MR) is 83.4 cm³/mol. The van der Waals surface area contributed by atoms with Gasteiger partial charge in [0.2, 0.25) is 0 Å². The highest BCUT2D eigenvalue weighted by Crippen LogP contribution is 2.30. The molecule has 1 saturated carbocycles. The molecule has 5 heteroatoms. The van der Waals surface area contributed by atoms with Crippen LogP contribution in [0.3, 0.4) is 0 Å². The van der Waals surface area contributed by atoms with E-state index in [2.05, 4.69) is 5.32 Å². The molecule has 2 N–H and O–H groups in total.